The average molecular weight is 236 g/mol. The SMILES string of the molecule is CCCN(CCO)C(=O)c1ccc(NC)cc1. The largest absolute Gasteiger partial charge is 0.395 e. The van der Waals surface area contributed by atoms with Crippen LogP contribution >= 0.6 is 0 Å². The second-order valence-electron chi connectivity index (χ2n) is 3.84. The summed E-state index contributed by atoms with van der Waals surface area (Å²) in [4.78, 5) is 13.8. The number of nitrogens with one attached hydrogen (secondary N) is 1. The monoisotopic (exact) mass is 236 g/mol. The Balaban J connectivity index is 2.77. The van der Waals surface area contributed by atoms with Crippen molar-refractivity contribution in [1.29, 1.82) is 0 Å². The molecule has 4 heteroatoms. The average Bonchev–Trinajstić information content (AvgIpc) is 2.38. The zero-order valence-corrected chi connectivity index (χ0v) is 10.4. The van der Waals surface area contributed by atoms with Gasteiger partial charge in [-0.1, -0.05) is 6.92 Å². The molecule has 0 unspecified atom stereocenters. The topological polar surface area (TPSA) is 52.6 Å². The second kappa shape index (κ2) is 6.91. The zero-order chi connectivity index (χ0) is 12.7. The molecule has 94 valence electrons. The third-order valence-electron chi connectivity index (χ3n) is 2.57. The van der Waals surface area contributed by atoms with Gasteiger partial charge < -0.3 is 15.3 Å². The molecule has 0 fully saturated rings. The Bertz CT molecular complexity index is 343. The van der Waals surface area contributed by atoms with Gasteiger partial charge in [0.05, 0.1) is 6.61 Å². The van der Waals surface area contributed by atoms with Crippen LogP contribution < -0.4 is 5.32 Å². The molecule has 0 atom stereocenters. The maximum atomic E-state index is 12.1. The summed E-state index contributed by atoms with van der Waals surface area (Å²) in [7, 11) is 1.84. The minimum Gasteiger partial charge on any atom is -0.395 e. The molecule has 2 N–H and O–H groups in total. The lowest BCUT2D eigenvalue weighted by Gasteiger charge is -2.21. The van der Waals surface area contributed by atoms with Crippen LogP contribution in [-0.2, 0) is 0 Å². The van der Waals surface area contributed by atoms with Gasteiger partial charge in [0.1, 0.15) is 0 Å². The number of anilines is 1. The molecule has 17 heavy (non-hydrogen) atoms. The second-order valence-corrected chi connectivity index (χ2v) is 3.84. The predicted octanol–water partition coefficient (Wildman–Crippen LogP) is 1.57. The van der Waals surface area contributed by atoms with E-state index in [2.05, 4.69) is 5.32 Å². The van der Waals surface area contributed by atoms with E-state index in [1.54, 1.807) is 17.0 Å². The van der Waals surface area contributed by atoms with E-state index >= 15 is 0 Å². The van der Waals surface area contributed by atoms with E-state index in [0.717, 1.165) is 12.1 Å². The van der Waals surface area contributed by atoms with Crippen LogP contribution in [0.4, 0.5) is 5.69 Å². The van der Waals surface area contributed by atoms with Gasteiger partial charge in [0.15, 0.2) is 0 Å². The van der Waals surface area contributed by atoms with Gasteiger partial charge >= 0.3 is 0 Å². The first-order chi connectivity index (χ1) is 8.22. The first-order valence-electron chi connectivity index (χ1n) is 5.90. The van der Waals surface area contributed by atoms with Gasteiger partial charge in [-0.2, -0.15) is 0 Å². The number of aliphatic hydroxyl groups excluding tert-OH is 1. The Morgan fingerprint density at radius 2 is 1.94 bits per heavy atom. The van der Waals surface area contributed by atoms with Crippen molar-refractivity contribution in [3.05, 3.63) is 29.8 Å². The fourth-order valence-electron chi connectivity index (χ4n) is 1.67. The maximum absolute atomic E-state index is 12.1. The van der Waals surface area contributed by atoms with E-state index in [9.17, 15) is 4.79 Å². The summed E-state index contributed by atoms with van der Waals surface area (Å²) in [5.41, 5.74) is 1.64. The molecule has 0 aliphatic carbocycles. The van der Waals surface area contributed by atoms with E-state index in [1.807, 2.05) is 26.1 Å². The highest BCUT2D eigenvalue weighted by Crippen LogP contribution is 2.11. The molecule has 0 heterocycles. The van der Waals surface area contributed by atoms with Gasteiger partial charge in [-0.25, -0.2) is 0 Å². The Labute approximate surface area is 102 Å². The number of nitrogens with zero attached hydrogens (tertiary/aromatic N) is 1. The number of carbonyl (C=O) groups is 1. The molecule has 0 aliphatic rings. The summed E-state index contributed by atoms with van der Waals surface area (Å²) in [6.07, 6.45) is 0.889. The van der Waals surface area contributed by atoms with Crippen LogP contribution in [0, 0.1) is 0 Å². The van der Waals surface area contributed by atoms with Crippen LogP contribution in [0.15, 0.2) is 24.3 Å². The smallest absolute Gasteiger partial charge is 0.253 e. The highest BCUT2D eigenvalue weighted by molar-refractivity contribution is 5.94. The van der Waals surface area contributed by atoms with Crippen molar-refractivity contribution in [1.82, 2.24) is 4.90 Å². The molecule has 0 radical (unpaired) electrons. The molecule has 0 saturated heterocycles. The molecule has 1 aromatic rings. The summed E-state index contributed by atoms with van der Waals surface area (Å²) in [6.45, 7) is 3.08. The number of rotatable bonds is 6. The van der Waals surface area contributed by atoms with Gasteiger partial charge in [-0.05, 0) is 30.7 Å². The quantitative estimate of drug-likeness (QED) is 0.788. The van der Waals surface area contributed by atoms with Crippen molar-refractivity contribution in [2.45, 2.75) is 13.3 Å². The van der Waals surface area contributed by atoms with Crippen molar-refractivity contribution in [3.63, 3.8) is 0 Å². The molecule has 1 amide bonds. The summed E-state index contributed by atoms with van der Waals surface area (Å²) in [5, 5.41) is 11.9. The van der Waals surface area contributed by atoms with E-state index in [-0.39, 0.29) is 12.5 Å². The summed E-state index contributed by atoms with van der Waals surface area (Å²) in [6, 6.07) is 7.34. The molecule has 4 nitrogen and oxygen atoms in total. The number of carbonyl (C=O) groups excluding carboxylic acids is 1. The minimum atomic E-state index is -0.0245. The van der Waals surface area contributed by atoms with E-state index < -0.39 is 0 Å². The number of aliphatic hydroxyl groups is 1. The van der Waals surface area contributed by atoms with Crippen molar-refractivity contribution in [2.24, 2.45) is 0 Å². The molecule has 0 spiro atoms. The van der Waals surface area contributed by atoms with E-state index in [1.165, 1.54) is 0 Å². The third kappa shape index (κ3) is 3.75. The van der Waals surface area contributed by atoms with Crippen molar-refractivity contribution in [3.8, 4) is 0 Å². The van der Waals surface area contributed by atoms with Gasteiger partial charge in [-0.3, -0.25) is 4.79 Å². The van der Waals surface area contributed by atoms with Gasteiger partial charge in [0.2, 0.25) is 0 Å². The highest BCUT2D eigenvalue weighted by atomic mass is 16.3. The first kappa shape index (κ1) is 13.5. The molecule has 0 bridgehead atoms. The predicted molar refractivity (Wildman–Crippen MR) is 69.3 cm³/mol. The Morgan fingerprint density at radius 3 is 2.41 bits per heavy atom. The molecule has 1 rings (SSSR count). The Hall–Kier alpha value is -1.55. The van der Waals surface area contributed by atoms with Crippen LogP contribution in [0.3, 0.4) is 0 Å². The summed E-state index contributed by atoms with van der Waals surface area (Å²) >= 11 is 0. The summed E-state index contributed by atoms with van der Waals surface area (Å²) in [5.74, 6) is -0.0245. The maximum Gasteiger partial charge on any atom is 0.253 e. The number of hydrogen-bond donors (Lipinski definition) is 2. The van der Waals surface area contributed by atoms with E-state index in [0.29, 0.717) is 18.7 Å². The van der Waals surface area contributed by atoms with Crippen LogP contribution in [0.1, 0.15) is 23.7 Å². The molecule has 0 aromatic heterocycles. The summed E-state index contributed by atoms with van der Waals surface area (Å²) < 4.78 is 0. The minimum absolute atomic E-state index is 0.000336. The number of amides is 1. The van der Waals surface area contributed by atoms with Gasteiger partial charge in [0, 0.05) is 31.4 Å². The first-order valence-corrected chi connectivity index (χ1v) is 5.90. The molecule has 0 aliphatic heterocycles. The molecule has 0 saturated carbocycles. The lowest BCUT2D eigenvalue weighted by atomic mass is 10.1. The normalized spacial score (nSPS) is 10.1. The Morgan fingerprint density at radius 1 is 1.29 bits per heavy atom. The van der Waals surface area contributed by atoms with Crippen LogP contribution in [0.25, 0.3) is 0 Å². The molecular formula is C13H20N2O2. The lowest BCUT2D eigenvalue weighted by Crippen LogP contribution is -2.34. The van der Waals surface area contributed by atoms with Crippen molar-refractivity contribution >= 4 is 11.6 Å². The molecule has 1 aromatic carbocycles. The Kier molecular flexibility index (Phi) is 5.49. The van der Waals surface area contributed by atoms with Gasteiger partial charge in [-0.15, -0.1) is 0 Å². The van der Waals surface area contributed by atoms with Crippen molar-refractivity contribution < 1.29 is 9.90 Å². The molecular weight excluding hydrogens is 216 g/mol. The standard InChI is InChI=1S/C13H20N2O2/c1-3-8-15(9-10-16)13(17)11-4-6-12(14-2)7-5-11/h4-7,14,16H,3,8-10H2,1-2H3. The highest BCUT2D eigenvalue weighted by Gasteiger charge is 2.13. The zero-order valence-electron chi connectivity index (χ0n) is 10.4. The van der Waals surface area contributed by atoms with Crippen LogP contribution in [0.5, 0.6) is 0 Å². The van der Waals surface area contributed by atoms with Crippen LogP contribution in [0.2, 0.25) is 0 Å². The van der Waals surface area contributed by atoms with Crippen LogP contribution in [-0.4, -0.2) is 42.7 Å². The van der Waals surface area contributed by atoms with E-state index in [4.69, 9.17) is 5.11 Å². The number of hydrogen-bond acceptors (Lipinski definition) is 3. The number of benzene rings is 1. The lowest BCUT2D eigenvalue weighted by molar-refractivity contribution is 0.0722. The fraction of sp³-hybridized carbons (Fsp3) is 0.462. The van der Waals surface area contributed by atoms with Crippen molar-refractivity contribution in [2.75, 3.05) is 32.1 Å². The fourth-order valence-corrected chi connectivity index (χ4v) is 1.67. The van der Waals surface area contributed by atoms with Gasteiger partial charge in [0.25, 0.3) is 5.91 Å². The third-order valence-corrected chi connectivity index (χ3v) is 2.57.